The second-order valence-electron chi connectivity index (χ2n) is 7.93. The first kappa shape index (κ1) is 18.7. The number of benzene rings is 2. The van der Waals surface area contributed by atoms with Crippen molar-refractivity contribution in [1.82, 2.24) is 15.0 Å². The van der Waals surface area contributed by atoms with Crippen LogP contribution in [0, 0.1) is 5.92 Å². The summed E-state index contributed by atoms with van der Waals surface area (Å²) in [7, 11) is 0. The first-order valence-corrected chi connectivity index (χ1v) is 10.2. The lowest BCUT2D eigenvalue weighted by atomic mass is 9.95. The maximum atomic E-state index is 11.0. The normalized spacial score (nSPS) is 14.1. The van der Waals surface area contributed by atoms with Gasteiger partial charge in [-0.3, -0.25) is 0 Å². The minimum Gasteiger partial charge on any atom is -0.374 e. The maximum absolute atomic E-state index is 11.0. The molecule has 2 aromatic carbocycles. The first-order chi connectivity index (χ1) is 13.6. The summed E-state index contributed by atoms with van der Waals surface area (Å²) in [6.07, 6.45) is 1.13. The van der Waals surface area contributed by atoms with Crippen molar-refractivity contribution in [2.75, 3.05) is 4.90 Å². The molecular weight excluding hydrogens is 348 g/mol. The van der Waals surface area contributed by atoms with Gasteiger partial charge < -0.3 is 10.0 Å². The fourth-order valence-corrected chi connectivity index (χ4v) is 4.00. The number of hydrogen-bond donors (Lipinski definition) is 1. The Morgan fingerprint density at radius 1 is 1.04 bits per heavy atom. The third-order valence-corrected chi connectivity index (χ3v) is 5.26. The van der Waals surface area contributed by atoms with Gasteiger partial charge in [-0.2, -0.15) is 0 Å². The fourth-order valence-electron chi connectivity index (χ4n) is 4.00. The molecule has 3 aromatic rings. The van der Waals surface area contributed by atoms with Gasteiger partial charge in [0, 0.05) is 29.9 Å². The van der Waals surface area contributed by atoms with Crippen LogP contribution < -0.4 is 4.90 Å². The van der Waals surface area contributed by atoms with Crippen LogP contribution in [0.25, 0.3) is 22.5 Å². The van der Waals surface area contributed by atoms with Crippen molar-refractivity contribution in [2.45, 2.75) is 52.9 Å². The molecule has 2 heterocycles. The minimum atomic E-state index is -0.532. The molecule has 1 aliphatic rings. The molecule has 1 unspecified atom stereocenters. The van der Waals surface area contributed by atoms with E-state index in [1.807, 2.05) is 22.9 Å². The summed E-state index contributed by atoms with van der Waals surface area (Å²) in [5.41, 5.74) is 6.32. The zero-order valence-electron chi connectivity index (χ0n) is 16.8. The smallest absolute Gasteiger partial charge is 0.127 e. The summed E-state index contributed by atoms with van der Waals surface area (Å²) >= 11 is 0. The quantitative estimate of drug-likeness (QED) is 0.701. The second-order valence-corrected chi connectivity index (χ2v) is 7.93. The van der Waals surface area contributed by atoms with Gasteiger partial charge in [0.05, 0.1) is 5.69 Å². The Labute approximate surface area is 166 Å². The number of rotatable bonds is 5. The van der Waals surface area contributed by atoms with Crippen LogP contribution in [-0.2, 0) is 13.1 Å². The molecule has 1 aromatic heterocycles. The summed E-state index contributed by atoms with van der Waals surface area (Å²) in [5.74, 6) is 0.459. The highest BCUT2D eigenvalue weighted by Crippen LogP contribution is 2.41. The van der Waals surface area contributed by atoms with Crippen molar-refractivity contribution in [1.29, 1.82) is 0 Å². The molecule has 5 heteroatoms. The van der Waals surface area contributed by atoms with E-state index >= 15 is 0 Å². The molecule has 4 rings (SSSR count). The average molecular weight is 377 g/mol. The number of hydrogen-bond acceptors (Lipinski definition) is 4. The molecule has 1 atom stereocenters. The molecule has 0 amide bonds. The lowest BCUT2D eigenvalue weighted by molar-refractivity contribution is 0.156. The van der Waals surface area contributed by atoms with Gasteiger partial charge in [-0.1, -0.05) is 74.9 Å². The van der Waals surface area contributed by atoms with E-state index in [2.05, 4.69) is 66.3 Å². The Morgan fingerprint density at radius 3 is 2.50 bits per heavy atom. The Kier molecular flexibility index (Phi) is 5.18. The number of para-hydroxylation sites is 1. The van der Waals surface area contributed by atoms with Crippen LogP contribution in [0.1, 0.15) is 39.2 Å². The van der Waals surface area contributed by atoms with Gasteiger partial charge in [-0.15, -0.1) is 5.10 Å². The molecule has 0 saturated heterocycles. The molecule has 0 radical (unpaired) electrons. The van der Waals surface area contributed by atoms with E-state index in [4.69, 9.17) is 0 Å². The summed E-state index contributed by atoms with van der Waals surface area (Å²) in [5, 5.41) is 20.1. The zero-order valence-corrected chi connectivity index (χ0v) is 16.8. The Bertz CT molecular complexity index is 963. The van der Waals surface area contributed by atoms with E-state index < -0.39 is 6.23 Å². The molecular formula is C23H28N4O. The van der Waals surface area contributed by atoms with Gasteiger partial charge >= 0.3 is 0 Å². The zero-order chi connectivity index (χ0) is 19.7. The van der Waals surface area contributed by atoms with E-state index in [0.717, 1.165) is 53.2 Å². The van der Waals surface area contributed by atoms with Crippen molar-refractivity contribution < 1.29 is 5.11 Å². The number of anilines is 1. The molecule has 0 bridgehead atoms. The van der Waals surface area contributed by atoms with Crippen molar-refractivity contribution in [3.63, 3.8) is 0 Å². The largest absolute Gasteiger partial charge is 0.374 e. The molecule has 1 N–H and O–H groups in total. The van der Waals surface area contributed by atoms with Crippen LogP contribution in [0.3, 0.4) is 0 Å². The Morgan fingerprint density at radius 2 is 1.75 bits per heavy atom. The Hall–Kier alpha value is -2.66. The predicted octanol–water partition coefficient (Wildman–Crippen LogP) is 4.71. The molecule has 1 aliphatic heterocycles. The highest BCUT2D eigenvalue weighted by Gasteiger charge is 2.28. The van der Waals surface area contributed by atoms with E-state index in [1.54, 1.807) is 0 Å². The number of fused-ring (bicyclic) bond motifs is 5. The highest BCUT2D eigenvalue weighted by molar-refractivity contribution is 5.88. The summed E-state index contributed by atoms with van der Waals surface area (Å²) in [4.78, 5) is 2.12. The summed E-state index contributed by atoms with van der Waals surface area (Å²) in [6, 6.07) is 16.6. The Balaban J connectivity index is 1.99. The predicted molar refractivity (Wildman–Crippen MR) is 113 cm³/mol. The van der Waals surface area contributed by atoms with E-state index in [1.165, 1.54) is 0 Å². The van der Waals surface area contributed by atoms with Crippen LogP contribution >= 0.6 is 0 Å². The molecule has 0 saturated carbocycles. The second kappa shape index (κ2) is 7.76. The van der Waals surface area contributed by atoms with Gasteiger partial charge in [0.2, 0.25) is 0 Å². The molecule has 0 spiro atoms. The number of aromatic nitrogens is 3. The molecule has 0 fully saturated rings. The van der Waals surface area contributed by atoms with Crippen molar-refractivity contribution in [3.05, 3.63) is 54.1 Å². The number of aliphatic hydroxyl groups is 1. The highest BCUT2D eigenvalue weighted by atomic mass is 16.3. The summed E-state index contributed by atoms with van der Waals surface area (Å²) in [6.45, 7) is 7.93. The van der Waals surface area contributed by atoms with Crippen LogP contribution in [0.4, 0.5) is 5.69 Å². The lowest BCUT2D eigenvalue weighted by Crippen LogP contribution is -2.35. The lowest BCUT2D eigenvalue weighted by Gasteiger charge is -2.34. The van der Waals surface area contributed by atoms with E-state index in [9.17, 15) is 5.11 Å². The van der Waals surface area contributed by atoms with Crippen LogP contribution in [0.2, 0.25) is 0 Å². The third-order valence-electron chi connectivity index (χ3n) is 5.26. The van der Waals surface area contributed by atoms with Gasteiger partial charge in [-0.25, -0.2) is 4.68 Å². The van der Waals surface area contributed by atoms with Crippen LogP contribution in [0.5, 0.6) is 0 Å². The van der Waals surface area contributed by atoms with Crippen molar-refractivity contribution in [3.8, 4) is 22.5 Å². The van der Waals surface area contributed by atoms with Gasteiger partial charge in [0.25, 0.3) is 0 Å². The fraction of sp³-hybridized carbons (Fsp3) is 0.391. The molecule has 0 aliphatic carbocycles. The number of aliphatic hydroxyl groups excluding tert-OH is 1. The summed E-state index contributed by atoms with van der Waals surface area (Å²) < 4.78 is 2.02. The van der Waals surface area contributed by atoms with Crippen LogP contribution in [-0.4, -0.2) is 26.3 Å². The van der Waals surface area contributed by atoms with Gasteiger partial charge in [-0.05, 0) is 24.0 Å². The minimum absolute atomic E-state index is 0.459. The average Bonchev–Trinajstić information content (AvgIpc) is 3.07. The standard InChI is InChI=1S/C23H28N4O/c1-4-9-21(28)26-15-17-10-5-6-11-18(17)22-23(19-12-7-8-13-20(19)26)27(25-24-22)14-16(2)3/h5-8,10-13,16,21,28H,4,9,14-15H2,1-3H3. The number of nitrogens with zero attached hydrogens (tertiary/aromatic N) is 4. The van der Waals surface area contributed by atoms with Gasteiger partial charge in [0.15, 0.2) is 0 Å². The molecule has 146 valence electrons. The maximum Gasteiger partial charge on any atom is 0.127 e. The van der Waals surface area contributed by atoms with Crippen molar-refractivity contribution >= 4 is 5.69 Å². The first-order valence-electron chi connectivity index (χ1n) is 10.2. The molecule has 5 nitrogen and oxygen atoms in total. The van der Waals surface area contributed by atoms with Crippen LogP contribution in [0.15, 0.2) is 48.5 Å². The molecule has 28 heavy (non-hydrogen) atoms. The topological polar surface area (TPSA) is 54.2 Å². The van der Waals surface area contributed by atoms with Crippen molar-refractivity contribution in [2.24, 2.45) is 5.92 Å². The third kappa shape index (κ3) is 3.31. The van der Waals surface area contributed by atoms with E-state index in [0.29, 0.717) is 12.5 Å². The SMILES string of the molecule is CCCC(O)N1Cc2ccccc2-c2nnn(CC(C)C)c2-c2ccccc21. The van der Waals surface area contributed by atoms with Gasteiger partial charge in [0.1, 0.15) is 11.9 Å². The van der Waals surface area contributed by atoms with E-state index in [-0.39, 0.29) is 0 Å². The monoisotopic (exact) mass is 376 g/mol.